The van der Waals surface area contributed by atoms with Gasteiger partial charge in [0.05, 0.1) is 6.80 Å². The molecule has 1 atom stereocenters. The van der Waals surface area contributed by atoms with E-state index >= 15 is 0 Å². The van der Waals surface area contributed by atoms with Crippen molar-refractivity contribution in [2.45, 2.75) is 0 Å². The van der Waals surface area contributed by atoms with Gasteiger partial charge >= 0.3 is 7.57 Å². The Hall–Kier alpha value is 0.345. The van der Waals surface area contributed by atoms with Crippen LogP contribution in [0.1, 0.15) is 0 Å². The minimum atomic E-state index is -1.99. The van der Waals surface area contributed by atoms with E-state index in [0.29, 0.717) is 0 Å². The van der Waals surface area contributed by atoms with Crippen LogP contribution in [0.25, 0.3) is 0 Å². The molecule has 0 N–H and O–H groups in total. The smallest absolute Gasteiger partial charge is 0.457 e. The fourth-order valence-electron chi connectivity index (χ4n) is 0. The zero-order valence-electron chi connectivity index (χ0n) is 2.25. The molecule has 0 saturated carbocycles. The molecule has 0 aromatic heterocycles. The van der Waals surface area contributed by atoms with Crippen LogP contribution < -0.4 is 4.89 Å². The molecule has 2 radical (unpaired) electrons. The minimum Gasteiger partial charge on any atom is -0.635 e. The average molecular weight is 106 g/mol. The fraction of sp³-hybridized carbons (Fsp3) is 0. The fourth-order valence-corrected chi connectivity index (χ4v) is 0. The number of rotatable bonds is 0. The average Bonchev–Trinajstić information content (AvgIpc) is 1.38. The van der Waals surface area contributed by atoms with Crippen LogP contribution in [-0.2, 0) is 10.8 Å². The molecule has 5 heavy (non-hydrogen) atoms. The summed E-state index contributed by atoms with van der Waals surface area (Å²) in [4.78, 5) is 9.39. The van der Waals surface area contributed by atoms with Gasteiger partial charge in [-0.05, 0) is 0 Å². The minimum absolute atomic E-state index is 0.0833. The lowest BCUT2D eigenvalue weighted by molar-refractivity contribution is -0.146. The van der Waals surface area contributed by atoms with Crippen LogP contribution in [0.15, 0.2) is 0 Å². The number of hydrogen-bond donors (Lipinski definition) is 0. The van der Waals surface area contributed by atoms with Crippen molar-refractivity contribution in [2.75, 3.05) is 0 Å². The van der Waals surface area contributed by atoms with Crippen molar-refractivity contribution in [3.05, 3.63) is 0 Å². The quantitative estimate of drug-likeness (QED) is 0.292. The molecule has 0 aromatic rings. The topological polar surface area (TPSA) is 40.1 Å². The zero-order valence-corrected chi connectivity index (χ0v) is 3.96. The van der Waals surface area contributed by atoms with Gasteiger partial charge in [0.15, 0.2) is 0 Å². The normalized spacial score (nSPS) is 10.2. The van der Waals surface area contributed by atoms with Crippen molar-refractivity contribution >= 4 is 25.2 Å². The molecule has 26 valence electrons. The largest absolute Gasteiger partial charge is 0.635 e. The summed E-state index contributed by atoms with van der Waals surface area (Å²) in [6, 6.07) is 0. The molecule has 0 bridgehead atoms. The molecule has 0 spiro atoms. The standard InChI is InChI=1S/BO2PS/c1-4(2)5-3. The van der Waals surface area contributed by atoms with Gasteiger partial charge < -0.3 is 4.89 Å². The molecule has 1 unspecified atom stereocenters. The highest BCUT2D eigenvalue weighted by atomic mass is 32.5. The third-order valence-electron chi connectivity index (χ3n) is 0.0735. The van der Waals surface area contributed by atoms with Gasteiger partial charge in [0, 0.05) is 0 Å². The highest BCUT2D eigenvalue weighted by molar-refractivity contribution is 8.15. The molecule has 0 rings (SSSR count). The Morgan fingerprint density at radius 3 is 2.20 bits per heavy atom. The summed E-state index contributed by atoms with van der Waals surface area (Å²) < 4.78 is 9.14. The first kappa shape index (κ1) is 5.34. The van der Waals surface area contributed by atoms with Gasteiger partial charge in [-0.3, -0.25) is 0 Å². The van der Waals surface area contributed by atoms with Crippen LogP contribution in [-0.4, -0.2) is 11.8 Å². The van der Waals surface area contributed by atoms with Crippen LogP contribution in [0, 0.1) is 0 Å². The summed E-state index contributed by atoms with van der Waals surface area (Å²) in [7, 11) is 4.37. The third kappa shape index (κ3) is 4.34. The maximum Gasteiger partial charge on any atom is 0.457 e. The van der Waals surface area contributed by atoms with Crippen molar-refractivity contribution in [3.63, 3.8) is 0 Å². The highest BCUT2D eigenvalue weighted by Gasteiger charge is 1.72. The monoisotopic (exact) mass is 106 g/mol. The Morgan fingerprint density at radius 1 is 2.00 bits per heavy atom. The van der Waals surface area contributed by atoms with Crippen LogP contribution in [0.2, 0.25) is 0 Å². The van der Waals surface area contributed by atoms with Crippen molar-refractivity contribution in [2.24, 2.45) is 0 Å². The van der Waals surface area contributed by atoms with Crippen molar-refractivity contribution in [1.29, 1.82) is 0 Å². The van der Waals surface area contributed by atoms with E-state index in [1.807, 2.05) is 0 Å². The van der Waals surface area contributed by atoms with E-state index in [-0.39, 0.29) is 10.8 Å². The lowest BCUT2D eigenvalue weighted by atomic mass is 10.8. The first-order valence-corrected chi connectivity index (χ1v) is 3.47. The first-order chi connectivity index (χ1) is 2.27. The molecular formula is BO2PS. The van der Waals surface area contributed by atoms with E-state index in [4.69, 9.17) is 4.21 Å². The van der Waals surface area contributed by atoms with Gasteiger partial charge in [-0.1, -0.05) is 0 Å². The van der Waals surface area contributed by atoms with Crippen LogP contribution in [0.4, 0.5) is 0 Å². The van der Waals surface area contributed by atoms with Crippen LogP contribution in [0.5, 0.6) is 0 Å². The second-order valence-electron chi connectivity index (χ2n) is 0.360. The Morgan fingerprint density at radius 2 is 2.20 bits per heavy atom. The van der Waals surface area contributed by atoms with Crippen molar-refractivity contribution in [1.82, 2.24) is 0 Å². The molecule has 2 nitrogen and oxygen atoms in total. The molecule has 0 heterocycles. The molecular weight excluding hydrogens is 106 g/mol. The van der Waals surface area contributed by atoms with Crippen LogP contribution in [0.3, 0.4) is 0 Å². The lowest BCUT2D eigenvalue weighted by Crippen LogP contribution is -1.80. The predicted octanol–water partition coefficient (Wildman–Crippen LogP) is -1.04. The Balaban J connectivity index is 3.60. The van der Waals surface area contributed by atoms with E-state index in [2.05, 4.69) is 7.57 Å². The molecule has 0 fully saturated rings. The molecule has 0 amide bonds. The van der Waals surface area contributed by atoms with E-state index in [1.54, 1.807) is 0 Å². The van der Waals surface area contributed by atoms with Gasteiger partial charge in [0.25, 0.3) is 10.8 Å². The molecule has 0 aliphatic heterocycles. The summed E-state index contributed by atoms with van der Waals surface area (Å²) in [5, 5.41) is 0. The van der Waals surface area contributed by atoms with Crippen LogP contribution >= 0.6 is 6.80 Å². The van der Waals surface area contributed by atoms with Gasteiger partial charge in [0.1, 0.15) is 0 Å². The van der Waals surface area contributed by atoms with E-state index < -0.39 is 6.80 Å². The molecule has 0 aliphatic carbocycles. The molecule has 5 heteroatoms. The summed E-state index contributed by atoms with van der Waals surface area (Å²) in [5.41, 5.74) is 0. The second-order valence-corrected chi connectivity index (χ2v) is 2.61. The van der Waals surface area contributed by atoms with Crippen molar-refractivity contribution < 1.29 is 9.10 Å². The summed E-state index contributed by atoms with van der Waals surface area (Å²) in [5.74, 6) is 0. The second kappa shape index (κ2) is 2.58. The van der Waals surface area contributed by atoms with Gasteiger partial charge in [-0.25, -0.2) is 0 Å². The highest BCUT2D eigenvalue weighted by Crippen LogP contribution is 1.92. The van der Waals surface area contributed by atoms with E-state index in [1.165, 1.54) is 0 Å². The predicted molar refractivity (Wildman–Crippen MR) is 20.8 cm³/mol. The lowest BCUT2D eigenvalue weighted by Gasteiger charge is -1.67. The van der Waals surface area contributed by atoms with E-state index in [0.717, 1.165) is 0 Å². The van der Waals surface area contributed by atoms with Crippen molar-refractivity contribution in [3.8, 4) is 0 Å². The molecule has 0 aliphatic rings. The summed E-state index contributed by atoms with van der Waals surface area (Å²) in [6.45, 7) is -1.99. The summed E-state index contributed by atoms with van der Waals surface area (Å²) in [6.07, 6.45) is 0. The Kier molecular flexibility index (Phi) is 2.75. The number of hydrogen-bond acceptors (Lipinski definition) is 2. The first-order valence-electron chi connectivity index (χ1n) is 0.790. The van der Waals surface area contributed by atoms with Gasteiger partial charge in [-0.15, -0.1) is 0 Å². The Labute approximate surface area is 35.2 Å². The Bertz CT molecular complexity index is 69.7. The molecule has 0 aromatic carbocycles. The zero-order chi connectivity index (χ0) is 4.28. The third-order valence-corrected chi connectivity index (χ3v) is 0.661. The van der Waals surface area contributed by atoms with Gasteiger partial charge in [-0.2, -0.15) is 4.21 Å². The maximum absolute atomic E-state index is 9.39. The van der Waals surface area contributed by atoms with E-state index in [9.17, 15) is 4.89 Å². The molecule has 0 saturated heterocycles. The SMILES string of the molecule is [B][P+]([O-])=S=O. The maximum atomic E-state index is 9.39. The van der Waals surface area contributed by atoms with Gasteiger partial charge in [0.2, 0.25) is 0 Å². The summed E-state index contributed by atoms with van der Waals surface area (Å²) >= 11 is 0.